The Morgan fingerprint density at radius 2 is 2.05 bits per heavy atom. The lowest BCUT2D eigenvalue weighted by Crippen LogP contribution is -2.45. The van der Waals surface area contributed by atoms with Crippen LogP contribution in [-0.2, 0) is 9.59 Å². The van der Waals surface area contributed by atoms with E-state index < -0.39 is 5.97 Å². The lowest BCUT2D eigenvalue weighted by molar-refractivity contribution is -0.143. The lowest BCUT2D eigenvalue weighted by atomic mass is 9.66. The summed E-state index contributed by atoms with van der Waals surface area (Å²) >= 11 is 0. The molecule has 2 heterocycles. The Morgan fingerprint density at radius 1 is 1.32 bits per heavy atom. The smallest absolute Gasteiger partial charge is 0.308 e. The van der Waals surface area contributed by atoms with Gasteiger partial charge in [0.1, 0.15) is 0 Å². The van der Waals surface area contributed by atoms with Gasteiger partial charge in [-0.15, -0.1) is 0 Å². The first-order valence-corrected chi connectivity index (χ1v) is 7.30. The molecule has 2 aliphatic heterocycles. The molecule has 1 saturated carbocycles. The molecule has 1 amide bonds. The molecule has 2 bridgehead atoms. The fourth-order valence-electron chi connectivity index (χ4n) is 4.18. The molecule has 3 rings (SSSR count). The zero-order valence-corrected chi connectivity index (χ0v) is 11.2. The van der Waals surface area contributed by atoms with E-state index >= 15 is 0 Å². The number of carboxylic acid groups (broad SMARTS) is 1. The van der Waals surface area contributed by atoms with E-state index in [0.29, 0.717) is 19.4 Å². The molecule has 3 aliphatic rings. The maximum atomic E-state index is 12.5. The first kappa shape index (κ1) is 12.9. The second-order valence-corrected chi connectivity index (χ2v) is 6.51. The van der Waals surface area contributed by atoms with Crippen molar-refractivity contribution in [2.75, 3.05) is 6.54 Å². The average Bonchev–Trinajstić information content (AvgIpc) is 2.91. The molecule has 5 nitrogen and oxygen atoms in total. The number of carbonyl (C=O) groups excluding carboxylic acids is 1. The van der Waals surface area contributed by atoms with E-state index in [-0.39, 0.29) is 29.3 Å². The quantitative estimate of drug-likeness (QED) is 0.794. The highest BCUT2D eigenvalue weighted by atomic mass is 16.4. The van der Waals surface area contributed by atoms with Gasteiger partial charge < -0.3 is 15.7 Å². The highest BCUT2D eigenvalue weighted by molar-refractivity contribution is 5.81. The van der Waals surface area contributed by atoms with Gasteiger partial charge >= 0.3 is 5.97 Å². The minimum atomic E-state index is -0.748. The van der Waals surface area contributed by atoms with Crippen LogP contribution in [0.1, 0.15) is 44.9 Å². The number of amides is 1. The third-order valence-corrected chi connectivity index (χ3v) is 5.52. The zero-order chi connectivity index (χ0) is 13.6. The summed E-state index contributed by atoms with van der Waals surface area (Å²) in [6.45, 7) is 0.574. The SMILES string of the molecule is NCC1(CC(=O)N2C3CCC2C(C(=O)O)C3)CCC1. The number of aliphatic carboxylic acids is 1. The third-order valence-electron chi connectivity index (χ3n) is 5.52. The highest BCUT2D eigenvalue weighted by Gasteiger charge is 2.52. The van der Waals surface area contributed by atoms with Gasteiger partial charge in [-0.05, 0) is 44.1 Å². The van der Waals surface area contributed by atoms with Crippen molar-refractivity contribution in [1.29, 1.82) is 0 Å². The molecular formula is C14H22N2O3. The number of hydrogen-bond acceptors (Lipinski definition) is 3. The average molecular weight is 266 g/mol. The molecule has 3 unspecified atom stereocenters. The van der Waals surface area contributed by atoms with Gasteiger partial charge in [0, 0.05) is 18.5 Å². The molecule has 3 N–H and O–H groups in total. The highest BCUT2D eigenvalue weighted by Crippen LogP contribution is 2.47. The largest absolute Gasteiger partial charge is 0.481 e. The van der Waals surface area contributed by atoms with Gasteiger partial charge in [0.05, 0.1) is 5.92 Å². The van der Waals surface area contributed by atoms with Crippen LogP contribution in [0, 0.1) is 11.3 Å². The van der Waals surface area contributed by atoms with Gasteiger partial charge in [-0.25, -0.2) is 0 Å². The molecule has 2 saturated heterocycles. The molecule has 1 aliphatic carbocycles. The van der Waals surface area contributed by atoms with E-state index in [1.54, 1.807) is 0 Å². The first-order chi connectivity index (χ1) is 9.06. The van der Waals surface area contributed by atoms with Crippen molar-refractivity contribution in [3.8, 4) is 0 Å². The van der Waals surface area contributed by atoms with E-state index in [2.05, 4.69) is 0 Å². The second kappa shape index (κ2) is 4.47. The number of carbonyl (C=O) groups is 2. The summed E-state index contributed by atoms with van der Waals surface area (Å²) in [5, 5.41) is 9.21. The number of nitrogens with two attached hydrogens (primary N) is 1. The molecule has 0 aromatic rings. The maximum Gasteiger partial charge on any atom is 0.308 e. The number of carboxylic acids is 1. The molecule has 19 heavy (non-hydrogen) atoms. The summed E-state index contributed by atoms with van der Waals surface area (Å²) < 4.78 is 0. The van der Waals surface area contributed by atoms with Crippen molar-refractivity contribution in [3.63, 3.8) is 0 Å². The zero-order valence-electron chi connectivity index (χ0n) is 11.2. The van der Waals surface area contributed by atoms with Crippen LogP contribution < -0.4 is 5.73 Å². The molecule has 106 valence electrons. The normalized spacial score (nSPS) is 35.2. The number of nitrogens with zero attached hydrogens (tertiary/aromatic N) is 1. The van der Waals surface area contributed by atoms with Gasteiger partial charge in [-0.1, -0.05) is 6.42 Å². The Balaban J connectivity index is 1.69. The van der Waals surface area contributed by atoms with Crippen LogP contribution in [0.4, 0.5) is 0 Å². The van der Waals surface area contributed by atoms with Gasteiger partial charge in [-0.2, -0.15) is 0 Å². The van der Waals surface area contributed by atoms with E-state index in [9.17, 15) is 14.7 Å². The Kier molecular flexibility index (Phi) is 3.04. The van der Waals surface area contributed by atoms with Crippen LogP contribution in [0.25, 0.3) is 0 Å². The topological polar surface area (TPSA) is 83.6 Å². The van der Waals surface area contributed by atoms with Gasteiger partial charge in [0.25, 0.3) is 0 Å². The van der Waals surface area contributed by atoms with Crippen LogP contribution in [0.15, 0.2) is 0 Å². The molecule has 0 spiro atoms. The minimum Gasteiger partial charge on any atom is -0.481 e. The maximum absolute atomic E-state index is 12.5. The van der Waals surface area contributed by atoms with Gasteiger partial charge in [0.2, 0.25) is 5.91 Å². The summed E-state index contributed by atoms with van der Waals surface area (Å²) in [5.41, 5.74) is 5.82. The summed E-state index contributed by atoms with van der Waals surface area (Å²) in [7, 11) is 0. The molecule has 0 aromatic heterocycles. The van der Waals surface area contributed by atoms with E-state index in [1.807, 2.05) is 4.90 Å². The van der Waals surface area contributed by atoms with E-state index in [1.165, 1.54) is 0 Å². The predicted molar refractivity (Wildman–Crippen MR) is 69.4 cm³/mol. The first-order valence-electron chi connectivity index (χ1n) is 7.30. The Bertz CT molecular complexity index is 400. The fraction of sp³-hybridized carbons (Fsp3) is 0.857. The Labute approximate surface area is 113 Å². The summed E-state index contributed by atoms with van der Waals surface area (Å²) in [5.74, 6) is -0.957. The van der Waals surface area contributed by atoms with Crippen LogP contribution >= 0.6 is 0 Å². The van der Waals surface area contributed by atoms with E-state index in [4.69, 9.17) is 5.73 Å². The van der Waals surface area contributed by atoms with Crippen molar-refractivity contribution < 1.29 is 14.7 Å². The van der Waals surface area contributed by atoms with Crippen LogP contribution in [0.2, 0.25) is 0 Å². The van der Waals surface area contributed by atoms with Crippen LogP contribution in [-0.4, -0.2) is 40.5 Å². The summed E-state index contributed by atoms with van der Waals surface area (Å²) in [6, 6.07) is 0.0957. The minimum absolute atomic E-state index is 0.0117. The predicted octanol–water partition coefficient (Wildman–Crippen LogP) is 0.970. The fourth-order valence-corrected chi connectivity index (χ4v) is 4.18. The number of hydrogen-bond donors (Lipinski definition) is 2. The second-order valence-electron chi connectivity index (χ2n) is 6.51. The number of fused-ring (bicyclic) bond motifs is 2. The van der Waals surface area contributed by atoms with Crippen LogP contribution in [0.5, 0.6) is 0 Å². The van der Waals surface area contributed by atoms with Crippen LogP contribution in [0.3, 0.4) is 0 Å². The van der Waals surface area contributed by atoms with Crippen molar-refractivity contribution in [1.82, 2.24) is 4.90 Å². The number of rotatable bonds is 4. The monoisotopic (exact) mass is 266 g/mol. The summed E-state index contributed by atoms with van der Waals surface area (Å²) in [6.07, 6.45) is 6.22. The molecule has 5 heteroatoms. The van der Waals surface area contributed by atoms with Gasteiger partial charge in [-0.3, -0.25) is 9.59 Å². The standard InChI is InChI=1S/C14H22N2O3/c15-8-14(4-1-5-14)7-12(17)16-9-2-3-11(16)10(6-9)13(18)19/h9-11H,1-8,15H2,(H,18,19). The van der Waals surface area contributed by atoms with Crippen molar-refractivity contribution in [3.05, 3.63) is 0 Å². The van der Waals surface area contributed by atoms with Crippen molar-refractivity contribution in [2.24, 2.45) is 17.1 Å². The molecular weight excluding hydrogens is 244 g/mol. The summed E-state index contributed by atoms with van der Waals surface area (Å²) in [4.78, 5) is 25.6. The van der Waals surface area contributed by atoms with Crippen molar-refractivity contribution in [2.45, 2.75) is 57.0 Å². The van der Waals surface area contributed by atoms with Crippen molar-refractivity contribution >= 4 is 11.9 Å². The molecule has 0 radical (unpaired) electrons. The molecule has 3 fully saturated rings. The molecule has 3 atom stereocenters. The Morgan fingerprint density at radius 3 is 2.53 bits per heavy atom. The Hall–Kier alpha value is -1.10. The lowest BCUT2D eigenvalue weighted by Gasteiger charge is -2.41. The van der Waals surface area contributed by atoms with E-state index in [0.717, 1.165) is 32.1 Å². The van der Waals surface area contributed by atoms with Gasteiger partial charge in [0.15, 0.2) is 0 Å². The molecule has 0 aromatic carbocycles. The third kappa shape index (κ3) is 1.95.